The normalized spacial score (nSPS) is 21.5. The molecule has 2 aromatic carbocycles. The number of rotatable bonds is 11. The van der Waals surface area contributed by atoms with Crippen LogP contribution in [0.25, 0.3) is 0 Å². The van der Waals surface area contributed by atoms with Gasteiger partial charge in [-0.3, -0.25) is 4.79 Å². The smallest absolute Gasteiger partial charge is 0.220 e. The Hall–Kier alpha value is -2.41. The van der Waals surface area contributed by atoms with E-state index in [2.05, 4.69) is 36.6 Å². The molecule has 1 heterocycles. The maximum atomic E-state index is 12.1. The predicted octanol–water partition coefficient (Wildman–Crippen LogP) is 3.57. The van der Waals surface area contributed by atoms with Gasteiger partial charge in [-0.2, -0.15) is 0 Å². The minimum absolute atomic E-state index is 0.00861. The van der Waals surface area contributed by atoms with Crippen molar-refractivity contribution in [3.8, 4) is 5.75 Å². The lowest BCUT2D eigenvalue weighted by atomic mass is 9.87. The van der Waals surface area contributed by atoms with E-state index in [1.165, 1.54) is 5.56 Å². The summed E-state index contributed by atoms with van der Waals surface area (Å²) in [6, 6.07) is 15.9. The van der Waals surface area contributed by atoms with Gasteiger partial charge in [0.2, 0.25) is 5.91 Å². The third kappa shape index (κ3) is 6.79. The van der Waals surface area contributed by atoms with Gasteiger partial charge in [-0.1, -0.05) is 56.3 Å². The van der Waals surface area contributed by atoms with E-state index in [1.807, 2.05) is 43.3 Å². The molecule has 0 spiro atoms. The number of hydrogen-bond donors (Lipinski definition) is 3. The van der Waals surface area contributed by atoms with Crippen molar-refractivity contribution in [2.75, 3.05) is 20.3 Å². The van der Waals surface area contributed by atoms with Gasteiger partial charge in [0.1, 0.15) is 11.4 Å². The molecule has 1 amide bonds. The molecule has 0 aromatic heterocycles. The van der Waals surface area contributed by atoms with E-state index in [1.54, 1.807) is 7.11 Å². The SMILES string of the molecule is CCC(=O)N[C@@H](Cc1ccccc1)[C@H](O)CN[C@H]1C[C@@](C)(COC)Oc2ccc(CC)cc21. The molecule has 0 aliphatic carbocycles. The molecule has 3 N–H and O–H groups in total. The molecule has 6 heteroatoms. The van der Waals surface area contributed by atoms with Crippen LogP contribution in [0.2, 0.25) is 0 Å². The summed E-state index contributed by atoms with van der Waals surface area (Å²) < 4.78 is 11.7. The van der Waals surface area contributed by atoms with Crippen molar-refractivity contribution in [3.63, 3.8) is 0 Å². The molecule has 180 valence electrons. The predicted molar refractivity (Wildman–Crippen MR) is 130 cm³/mol. The van der Waals surface area contributed by atoms with Crippen LogP contribution in [-0.4, -0.2) is 49.0 Å². The second kappa shape index (κ2) is 11.6. The monoisotopic (exact) mass is 454 g/mol. The number of amides is 1. The lowest BCUT2D eigenvalue weighted by Crippen LogP contribution is -2.50. The standard InChI is InChI=1S/C27H38N2O4/c1-5-19-12-13-25-21(14-19)23(16-27(3,33-25)18-32-4)28-17-24(30)22(29-26(31)6-2)15-20-10-8-7-9-11-20/h7-14,22-24,28,30H,5-6,15-18H2,1-4H3,(H,29,31)/t22-,23-,24+,27-/m0/s1. The van der Waals surface area contributed by atoms with Crippen molar-refractivity contribution in [2.24, 2.45) is 0 Å². The van der Waals surface area contributed by atoms with Crippen LogP contribution in [0.5, 0.6) is 5.75 Å². The van der Waals surface area contributed by atoms with Gasteiger partial charge < -0.3 is 25.2 Å². The van der Waals surface area contributed by atoms with E-state index in [-0.39, 0.29) is 18.0 Å². The number of fused-ring (bicyclic) bond motifs is 1. The Bertz CT molecular complexity index is 904. The Morgan fingerprint density at radius 3 is 2.64 bits per heavy atom. The number of hydrogen-bond acceptors (Lipinski definition) is 5. The molecule has 3 rings (SSSR count). The number of aryl methyl sites for hydroxylation is 1. The van der Waals surface area contributed by atoms with Gasteiger partial charge >= 0.3 is 0 Å². The molecular weight excluding hydrogens is 416 g/mol. The Balaban J connectivity index is 1.76. The number of benzene rings is 2. The van der Waals surface area contributed by atoms with Gasteiger partial charge in [-0.15, -0.1) is 0 Å². The van der Waals surface area contributed by atoms with Gasteiger partial charge in [0.05, 0.1) is 18.8 Å². The van der Waals surface area contributed by atoms with Crippen molar-refractivity contribution >= 4 is 5.91 Å². The molecule has 0 saturated heterocycles. The van der Waals surface area contributed by atoms with Crippen molar-refractivity contribution in [2.45, 2.75) is 70.2 Å². The van der Waals surface area contributed by atoms with E-state index >= 15 is 0 Å². The summed E-state index contributed by atoms with van der Waals surface area (Å²) in [7, 11) is 1.68. The fourth-order valence-corrected chi connectivity index (χ4v) is 4.47. The first-order valence-corrected chi connectivity index (χ1v) is 11.9. The highest BCUT2D eigenvalue weighted by molar-refractivity contribution is 5.75. The second-order valence-corrected chi connectivity index (χ2v) is 9.16. The van der Waals surface area contributed by atoms with E-state index in [9.17, 15) is 9.90 Å². The molecule has 1 aliphatic heterocycles. The van der Waals surface area contributed by atoms with Gasteiger partial charge in [0.25, 0.3) is 0 Å². The number of ether oxygens (including phenoxy) is 2. The van der Waals surface area contributed by atoms with E-state index in [4.69, 9.17) is 9.47 Å². The van der Waals surface area contributed by atoms with Gasteiger partial charge in [-0.25, -0.2) is 0 Å². The summed E-state index contributed by atoms with van der Waals surface area (Å²) in [5, 5.41) is 17.7. The molecule has 4 atom stereocenters. The molecular formula is C27H38N2O4. The summed E-state index contributed by atoms with van der Waals surface area (Å²) in [5.41, 5.74) is 2.97. The second-order valence-electron chi connectivity index (χ2n) is 9.16. The minimum Gasteiger partial charge on any atom is -0.485 e. The third-order valence-electron chi connectivity index (χ3n) is 6.30. The molecule has 2 aromatic rings. The number of methoxy groups -OCH3 is 1. The van der Waals surface area contributed by atoms with Crippen molar-refractivity contribution in [1.29, 1.82) is 0 Å². The Morgan fingerprint density at radius 2 is 1.97 bits per heavy atom. The van der Waals surface area contributed by atoms with Crippen LogP contribution in [0.1, 0.15) is 56.3 Å². The Labute approximate surface area is 197 Å². The summed E-state index contributed by atoms with van der Waals surface area (Å²) >= 11 is 0. The number of carbonyl (C=O) groups is 1. The average Bonchev–Trinajstić information content (AvgIpc) is 2.82. The zero-order chi connectivity index (χ0) is 23.8. The molecule has 0 unspecified atom stereocenters. The quantitative estimate of drug-likeness (QED) is 0.484. The van der Waals surface area contributed by atoms with Gasteiger partial charge in [-0.05, 0) is 37.0 Å². The molecule has 33 heavy (non-hydrogen) atoms. The van der Waals surface area contributed by atoms with Crippen LogP contribution in [0.15, 0.2) is 48.5 Å². The average molecular weight is 455 g/mol. The minimum atomic E-state index is -0.741. The van der Waals surface area contributed by atoms with Crippen LogP contribution in [-0.2, 0) is 22.4 Å². The van der Waals surface area contributed by atoms with Gasteiger partial charge in [0, 0.05) is 38.1 Å². The first-order valence-electron chi connectivity index (χ1n) is 11.9. The number of carbonyl (C=O) groups excluding carboxylic acids is 1. The maximum Gasteiger partial charge on any atom is 0.220 e. The van der Waals surface area contributed by atoms with E-state index in [0.717, 1.165) is 29.7 Å². The van der Waals surface area contributed by atoms with Crippen molar-refractivity contribution < 1.29 is 19.4 Å². The zero-order valence-electron chi connectivity index (χ0n) is 20.3. The fourth-order valence-electron chi connectivity index (χ4n) is 4.47. The fraction of sp³-hybridized carbons (Fsp3) is 0.519. The van der Waals surface area contributed by atoms with Crippen LogP contribution in [0.3, 0.4) is 0 Å². The maximum absolute atomic E-state index is 12.1. The Morgan fingerprint density at radius 1 is 1.21 bits per heavy atom. The molecule has 0 saturated carbocycles. The third-order valence-corrected chi connectivity index (χ3v) is 6.30. The van der Waals surface area contributed by atoms with Crippen LogP contribution >= 0.6 is 0 Å². The van der Waals surface area contributed by atoms with Crippen LogP contribution < -0.4 is 15.4 Å². The topological polar surface area (TPSA) is 79.8 Å². The van der Waals surface area contributed by atoms with Crippen molar-refractivity contribution in [3.05, 3.63) is 65.2 Å². The lowest BCUT2D eigenvalue weighted by molar-refractivity contribution is -0.122. The molecule has 0 fully saturated rings. The highest BCUT2D eigenvalue weighted by atomic mass is 16.5. The summed E-state index contributed by atoms with van der Waals surface area (Å²) in [5.74, 6) is 0.789. The van der Waals surface area contributed by atoms with Crippen LogP contribution in [0.4, 0.5) is 0 Å². The highest BCUT2D eigenvalue weighted by Gasteiger charge is 2.38. The summed E-state index contributed by atoms with van der Waals surface area (Å²) in [4.78, 5) is 12.1. The van der Waals surface area contributed by atoms with Gasteiger partial charge in [0.15, 0.2) is 0 Å². The Kier molecular flexibility index (Phi) is 8.89. The summed E-state index contributed by atoms with van der Waals surface area (Å²) in [6.07, 6.45) is 1.88. The number of nitrogens with one attached hydrogen (secondary N) is 2. The lowest BCUT2D eigenvalue weighted by Gasteiger charge is -2.40. The van der Waals surface area contributed by atoms with Crippen molar-refractivity contribution in [1.82, 2.24) is 10.6 Å². The first kappa shape index (κ1) is 25.2. The van der Waals surface area contributed by atoms with E-state index in [0.29, 0.717) is 26.0 Å². The number of aliphatic hydroxyl groups is 1. The zero-order valence-corrected chi connectivity index (χ0v) is 20.3. The molecule has 0 bridgehead atoms. The van der Waals surface area contributed by atoms with Crippen LogP contribution in [0, 0.1) is 0 Å². The van der Waals surface area contributed by atoms with E-state index < -0.39 is 11.7 Å². The first-order chi connectivity index (χ1) is 15.9. The summed E-state index contributed by atoms with van der Waals surface area (Å²) in [6.45, 7) is 6.84. The molecule has 6 nitrogen and oxygen atoms in total. The largest absolute Gasteiger partial charge is 0.485 e. The highest BCUT2D eigenvalue weighted by Crippen LogP contribution is 2.40. The molecule has 1 aliphatic rings. The molecule has 0 radical (unpaired) electrons. The number of aliphatic hydroxyl groups excluding tert-OH is 1.